The van der Waals surface area contributed by atoms with E-state index in [1.165, 1.54) is 11.5 Å². The molecule has 3 rings (SSSR count). The Balaban J connectivity index is 1.75. The summed E-state index contributed by atoms with van der Waals surface area (Å²) in [4.78, 5) is 23.9. The Morgan fingerprint density at radius 3 is 2.42 bits per heavy atom. The number of benzene rings is 2. The van der Waals surface area contributed by atoms with Crippen LogP contribution in [-0.4, -0.2) is 22.6 Å². The van der Waals surface area contributed by atoms with Gasteiger partial charge in [-0.1, -0.05) is 60.7 Å². The standard InChI is InChI=1S/C19H16N2O2S/c22-12-16(11-14-7-3-1-4-8-14)20-19(23)17-13-24-21-18(17)15-9-5-2-6-10-15/h1-10,12-13,16H,11H2,(H,20,23)/t16-/m0/s1. The molecular weight excluding hydrogens is 320 g/mol. The molecule has 0 bridgehead atoms. The highest BCUT2D eigenvalue weighted by atomic mass is 32.1. The number of carbonyl (C=O) groups is 2. The van der Waals surface area contributed by atoms with Crippen LogP contribution >= 0.6 is 11.5 Å². The maximum Gasteiger partial charge on any atom is 0.254 e. The molecule has 1 aromatic heterocycles. The van der Waals surface area contributed by atoms with E-state index in [1.54, 1.807) is 5.38 Å². The number of aromatic nitrogens is 1. The van der Waals surface area contributed by atoms with Crippen molar-refractivity contribution in [3.63, 3.8) is 0 Å². The van der Waals surface area contributed by atoms with Gasteiger partial charge in [-0.05, 0) is 23.5 Å². The third-order valence-electron chi connectivity index (χ3n) is 3.64. The van der Waals surface area contributed by atoms with Gasteiger partial charge in [-0.3, -0.25) is 4.79 Å². The first kappa shape index (κ1) is 16.1. The fourth-order valence-corrected chi connectivity index (χ4v) is 3.14. The highest BCUT2D eigenvalue weighted by Gasteiger charge is 2.19. The van der Waals surface area contributed by atoms with Crippen LogP contribution in [0.25, 0.3) is 11.3 Å². The fraction of sp³-hybridized carbons (Fsp3) is 0.105. The summed E-state index contributed by atoms with van der Waals surface area (Å²) in [5, 5.41) is 4.50. The van der Waals surface area contributed by atoms with Crippen molar-refractivity contribution in [2.45, 2.75) is 12.5 Å². The van der Waals surface area contributed by atoms with E-state index < -0.39 is 6.04 Å². The normalized spacial score (nSPS) is 11.7. The van der Waals surface area contributed by atoms with Gasteiger partial charge in [0.05, 0.1) is 17.3 Å². The highest BCUT2D eigenvalue weighted by molar-refractivity contribution is 7.04. The Hall–Kier alpha value is -2.79. The van der Waals surface area contributed by atoms with Crippen LogP contribution in [0.15, 0.2) is 66.0 Å². The van der Waals surface area contributed by atoms with Crippen LogP contribution in [0.2, 0.25) is 0 Å². The molecule has 1 amide bonds. The molecule has 120 valence electrons. The topological polar surface area (TPSA) is 59.1 Å². The Kier molecular flexibility index (Phi) is 5.13. The molecule has 0 fully saturated rings. The van der Waals surface area contributed by atoms with Crippen molar-refractivity contribution in [2.75, 3.05) is 0 Å². The lowest BCUT2D eigenvalue weighted by atomic mass is 10.1. The summed E-state index contributed by atoms with van der Waals surface area (Å²) >= 11 is 1.23. The second-order valence-corrected chi connectivity index (χ2v) is 5.98. The van der Waals surface area contributed by atoms with Gasteiger partial charge in [0.25, 0.3) is 5.91 Å². The predicted molar refractivity (Wildman–Crippen MR) is 95.0 cm³/mol. The van der Waals surface area contributed by atoms with Crippen molar-refractivity contribution in [3.05, 3.63) is 77.2 Å². The van der Waals surface area contributed by atoms with Crippen molar-refractivity contribution in [1.29, 1.82) is 0 Å². The SMILES string of the molecule is O=C[C@H](Cc1ccccc1)NC(=O)c1csnc1-c1ccccc1. The summed E-state index contributed by atoms with van der Waals surface area (Å²) in [5.41, 5.74) is 3.02. The van der Waals surface area contributed by atoms with E-state index in [9.17, 15) is 9.59 Å². The van der Waals surface area contributed by atoms with Gasteiger partial charge in [-0.15, -0.1) is 0 Å². The maximum absolute atomic E-state index is 12.6. The summed E-state index contributed by atoms with van der Waals surface area (Å²) in [7, 11) is 0. The Morgan fingerprint density at radius 2 is 1.75 bits per heavy atom. The number of rotatable bonds is 6. The molecular formula is C19H16N2O2S. The Bertz CT molecular complexity index is 816. The Morgan fingerprint density at radius 1 is 1.08 bits per heavy atom. The molecule has 0 saturated carbocycles. The van der Waals surface area contributed by atoms with Gasteiger partial charge in [0.15, 0.2) is 0 Å². The molecule has 0 spiro atoms. The van der Waals surface area contributed by atoms with Gasteiger partial charge in [-0.25, -0.2) is 0 Å². The van der Waals surface area contributed by atoms with Crippen LogP contribution < -0.4 is 5.32 Å². The number of carbonyl (C=O) groups excluding carboxylic acids is 2. The van der Waals surface area contributed by atoms with Crippen LogP contribution in [0, 0.1) is 0 Å². The average Bonchev–Trinajstić information content (AvgIpc) is 3.12. The molecule has 3 aromatic rings. The van der Waals surface area contributed by atoms with Crippen LogP contribution in [0.1, 0.15) is 15.9 Å². The van der Waals surface area contributed by atoms with Gasteiger partial charge in [0.1, 0.15) is 6.29 Å². The van der Waals surface area contributed by atoms with Gasteiger partial charge < -0.3 is 10.1 Å². The molecule has 1 heterocycles. The van der Waals surface area contributed by atoms with E-state index in [0.29, 0.717) is 17.7 Å². The smallest absolute Gasteiger partial charge is 0.254 e. The second-order valence-electron chi connectivity index (χ2n) is 5.35. The molecule has 0 radical (unpaired) electrons. The van der Waals surface area contributed by atoms with E-state index in [1.807, 2.05) is 60.7 Å². The zero-order valence-corrected chi connectivity index (χ0v) is 13.7. The van der Waals surface area contributed by atoms with Crippen LogP contribution in [0.5, 0.6) is 0 Å². The van der Waals surface area contributed by atoms with E-state index >= 15 is 0 Å². The Labute approximate surface area is 144 Å². The van der Waals surface area contributed by atoms with Gasteiger partial charge in [-0.2, -0.15) is 4.37 Å². The van der Waals surface area contributed by atoms with E-state index in [-0.39, 0.29) is 5.91 Å². The van der Waals surface area contributed by atoms with Gasteiger partial charge in [0.2, 0.25) is 0 Å². The summed E-state index contributed by atoms with van der Waals surface area (Å²) in [5.74, 6) is -0.282. The van der Waals surface area contributed by atoms with E-state index in [0.717, 1.165) is 17.4 Å². The minimum absolute atomic E-state index is 0.282. The van der Waals surface area contributed by atoms with Crippen molar-refractivity contribution >= 4 is 23.7 Å². The van der Waals surface area contributed by atoms with Crippen LogP contribution in [0.4, 0.5) is 0 Å². The van der Waals surface area contributed by atoms with E-state index in [2.05, 4.69) is 9.69 Å². The molecule has 0 aliphatic carbocycles. The monoisotopic (exact) mass is 336 g/mol. The number of nitrogens with zero attached hydrogens (tertiary/aromatic N) is 1. The van der Waals surface area contributed by atoms with Gasteiger partial charge >= 0.3 is 0 Å². The molecule has 1 N–H and O–H groups in total. The lowest BCUT2D eigenvalue weighted by molar-refractivity contribution is -0.109. The highest BCUT2D eigenvalue weighted by Crippen LogP contribution is 2.23. The van der Waals surface area contributed by atoms with Crippen LogP contribution in [0.3, 0.4) is 0 Å². The number of hydrogen-bond donors (Lipinski definition) is 1. The summed E-state index contributed by atoms with van der Waals surface area (Å²) in [6.45, 7) is 0. The minimum atomic E-state index is -0.566. The summed E-state index contributed by atoms with van der Waals surface area (Å²) in [6.07, 6.45) is 1.24. The maximum atomic E-state index is 12.6. The number of hydrogen-bond acceptors (Lipinski definition) is 4. The molecule has 0 aliphatic rings. The molecule has 0 saturated heterocycles. The lowest BCUT2D eigenvalue weighted by Gasteiger charge is -2.13. The van der Waals surface area contributed by atoms with Crippen molar-refractivity contribution in [2.24, 2.45) is 0 Å². The average molecular weight is 336 g/mol. The third kappa shape index (κ3) is 3.75. The number of nitrogens with one attached hydrogen (secondary N) is 1. The third-order valence-corrected chi connectivity index (χ3v) is 4.27. The van der Waals surface area contributed by atoms with Crippen molar-refractivity contribution in [1.82, 2.24) is 9.69 Å². The molecule has 1 atom stereocenters. The van der Waals surface area contributed by atoms with Crippen LogP contribution in [-0.2, 0) is 11.2 Å². The quantitative estimate of drug-likeness (QED) is 0.702. The zero-order valence-electron chi connectivity index (χ0n) is 12.9. The molecule has 24 heavy (non-hydrogen) atoms. The largest absolute Gasteiger partial charge is 0.342 e. The predicted octanol–water partition coefficient (Wildman–Crippen LogP) is 3.35. The lowest BCUT2D eigenvalue weighted by Crippen LogP contribution is -2.37. The minimum Gasteiger partial charge on any atom is -0.342 e. The fourth-order valence-electron chi connectivity index (χ4n) is 2.45. The van der Waals surface area contributed by atoms with Crippen molar-refractivity contribution < 1.29 is 9.59 Å². The number of aldehydes is 1. The second kappa shape index (κ2) is 7.66. The molecule has 2 aromatic carbocycles. The molecule has 5 heteroatoms. The zero-order chi connectivity index (χ0) is 16.8. The first-order valence-electron chi connectivity index (χ1n) is 7.58. The first-order valence-corrected chi connectivity index (χ1v) is 8.41. The van der Waals surface area contributed by atoms with Gasteiger partial charge in [0, 0.05) is 10.9 Å². The van der Waals surface area contributed by atoms with E-state index in [4.69, 9.17) is 0 Å². The number of amides is 1. The molecule has 4 nitrogen and oxygen atoms in total. The van der Waals surface area contributed by atoms with Crippen molar-refractivity contribution in [3.8, 4) is 11.3 Å². The molecule has 0 aliphatic heterocycles. The summed E-state index contributed by atoms with van der Waals surface area (Å²) < 4.78 is 4.32. The first-order chi connectivity index (χ1) is 11.8. The summed E-state index contributed by atoms with van der Waals surface area (Å²) in [6, 6.07) is 18.6. The molecule has 0 unspecified atom stereocenters.